The molecule has 10 nitrogen and oxygen atoms in total. The van der Waals surface area contributed by atoms with Crippen molar-refractivity contribution in [1.82, 2.24) is 25.3 Å². The monoisotopic (exact) mass is 500 g/mol. The Morgan fingerprint density at radius 1 is 1.11 bits per heavy atom. The Balaban J connectivity index is 1.60. The summed E-state index contributed by atoms with van der Waals surface area (Å²) in [7, 11) is 0. The third-order valence-electron chi connectivity index (χ3n) is 6.46. The molecular weight excluding hydrogens is 472 g/mol. The van der Waals surface area contributed by atoms with Crippen molar-refractivity contribution in [2.75, 3.05) is 11.7 Å². The Labute approximate surface area is 214 Å². The number of hydrogen-bond acceptors (Lipinski definition) is 7. The number of rotatable bonds is 8. The van der Waals surface area contributed by atoms with Gasteiger partial charge in [-0.15, -0.1) is 5.10 Å². The molecule has 0 saturated carbocycles. The first-order chi connectivity index (χ1) is 17.9. The molecular formula is C27H28N6O4. The summed E-state index contributed by atoms with van der Waals surface area (Å²) in [4.78, 5) is 33.6. The number of carbonyl (C=O) groups excluding carboxylic acids is 2. The number of aromatic nitrogens is 4. The van der Waals surface area contributed by atoms with Gasteiger partial charge >= 0.3 is 0 Å². The van der Waals surface area contributed by atoms with Crippen LogP contribution in [0.2, 0.25) is 0 Å². The van der Waals surface area contributed by atoms with Crippen molar-refractivity contribution in [1.29, 1.82) is 0 Å². The van der Waals surface area contributed by atoms with Crippen LogP contribution < -0.4 is 19.7 Å². The summed E-state index contributed by atoms with van der Waals surface area (Å²) >= 11 is 0. The van der Waals surface area contributed by atoms with E-state index in [0.29, 0.717) is 34.7 Å². The summed E-state index contributed by atoms with van der Waals surface area (Å²) in [6.45, 7) is 5.85. The molecule has 0 saturated heterocycles. The number of fused-ring (bicyclic) bond motifs is 2. The van der Waals surface area contributed by atoms with Crippen LogP contribution in [0.25, 0.3) is 11.0 Å². The van der Waals surface area contributed by atoms with Crippen LogP contribution >= 0.6 is 0 Å². The Kier molecular flexibility index (Phi) is 6.47. The molecule has 1 unspecified atom stereocenters. The zero-order valence-electron chi connectivity index (χ0n) is 20.9. The molecule has 2 aromatic carbocycles. The fraction of sp³-hybridized carbons (Fsp3) is 0.296. The minimum Gasteiger partial charge on any atom is -0.454 e. The van der Waals surface area contributed by atoms with Crippen LogP contribution in [0.3, 0.4) is 0 Å². The van der Waals surface area contributed by atoms with Gasteiger partial charge in [0.15, 0.2) is 11.5 Å². The summed E-state index contributed by atoms with van der Waals surface area (Å²) < 4.78 is 12.6. The zero-order valence-corrected chi connectivity index (χ0v) is 20.9. The third kappa shape index (κ3) is 4.95. The van der Waals surface area contributed by atoms with Gasteiger partial charge in [-0.25, -0.2) is 4.68 Å². The summed E-state index contributed by atoms with van der Waals surface area (Å²) in [5.74, 6) is 0.399. The minimum absolute atomic E-state index is 0.0922. The maximum Gasteiger partial charge on any atom is 0.249 e. The highest BCUT2D eigenvalue weighted by atomic mass is 16.7. The van der Waals surface area contributed by atoms with Crippen molar-refractivity contribution in [3.8, 4) is 11.5 Å². The standard InChI is InChI=1S/C27H28N6O4/c1-4-27(2,3)29-26(35)25(18-8-7-13-28-15-18)33(19-11-12-22-23(14-19)37-17-36-22)24(34)16-32-21-10-6-5-9-20(21)30-31-32/h5-15,25H,4,16-17H2,1-3H3,(H,29,35). The van der Waals surface area contributed by atoms with Crippen LogP contribution in [-0.4, -0.2) is 44.1 Å². The lowest BCUT2D eigenvalue weighted by Crippen LogP contribution is -2.51. The number of nitrogens with one attached hydrogen (secondary N) is 1. The number of nitrogens with zero attached hydrogens (tertiary/aromatic N) is 5. The van der Waals surface area contributed by atoms with E-state index < -0.39 is 11.6 Å². The SMILES string of the molecule is CCC(C)(C)NC(=O)C(c1cccnc1)N(C(=O)Cn1nnc2ccccc21)c1ccc2c(c1)OCO2. The normalized spacial score (nSPS) is 13.4. The largest absolute Gasteiger partial charge is 0.454 e. The van der Waals surface area contributed by atoms with Crippen LogP contribution in [0, 0.1) is 0 Å². The Bertz CT molecular complexity index is 1440. The van der Waals surface area contributed by atoms with Crippen molar-refractivity contribution < 1.29 is 19.1 Å². The number of hydrogen-bond donors (Lipinski definition) is 1. The second kappa shape index (κ2) is 9.88. The van der Waals surface area contributed by atoms with Gasteiger partial charge in [-0.1, -0.05) is 30.3 Å². The van der Waals surface area contributed by atoms with Gasteiger partial charge in [-0.05, 0) is 50.6 Å². The summed E-state index contributed by atoms with van der Waals surface area (Å²) in [5.41, 5.74) is 1.97. The number of ether oxygens (including phenoxy) is 2. The number of carbonyl (C=O) groups is 2. The molecule has 3 heterocycles. The van der Waals surface area contributed by atoms with E-state index in [4.69, 9.17) is 9.47 Å². The molecule has 0 aliphatic carbocycles. The molecule has 1 aliphatic rings. The predicted molar refractivity (Wildman–Crippen MR) is 137 cm³/mol. The number of pyridine rings is 1. The summed E-state index contributed by atoms with van der Waals surface area (Å²) in [6, 6.07) is 15.1. The van der Waals surface area contributed by atoms with Crippen LogP contribution in [0.1, 0.15) is 38.8 Å². The topological polar surface area (TPSA) is 111 Å². The average molecular weight is 501 g/mol. The highest BCUT2D eigenvalue weighted by Crippen LogP contribution is 2.38. The molecule has 1 atom stereocenters. The first kappa shape index (κ1) is 24.2. The van der Waals surface area contributed by atoms with E-state index in [-0.39, 0.29) is 25.2 Å². The van der Waals surface area contributed by atoms with Crippen LogP contribution in [-0.2, 0) is 16.1 Å². The van der Waals surface area contributed by atoms with Crippen molar-refractivity contribution in [2.45, 2.75) is 45.3 Å². The molecule has 2 aromatic heterocycles. The predicted octanol–water partition coefficient (Wildman–Crippen LogP) is 3.63. The van der Waals surface area contributed by atoms with E-state index in [1.807, 2.05) is 45.0 Å². The summed E-state index contributed by atoms with van der Waals surface area (Å²) in [5, 5.41) is 11.4. The molecule has 0 spiro atoms. The first-order valence-electron chi connectivity index (χ1n) is 12.1. The highest BCUT2D eigenvalue weighted by Gasteiger charge is 2.36. The molecule has 37 heavy (non-hydrogen) atoms. The smallest absolute Gasteiger partial charge is 0.249 e. The van der Waals surface area contributed by atoms with Crippen LogP contribution in [0.4, 0.5) is 5.69 Å². The number of para-hydroxylation sites is 1. The molecule has 1 aliphatic heterocycles. The van der Waals surface area contributed by atoms with Crippen molar-refractivity contribution >= 4 is 28.5 Å². The Hall–Kier alpha value is -4.47. The van der Waals surface area contributed by atoms with Crippen molar-refractivity contribution in [3.05, 3.63) is 72.6 Å². The zero-order chi connectivity index (χ0) is 26.0. The van der Waals surface area contributed by atoms with Crippen LogP contribution in [0.15, 0.2) is 67.0 Å². The number of anilines is 1. The minimum atomic E-state index is -0.998. The second-order valence-corrected chi connectivity index (χ2v) is 9.45. The molecule has 2 amide bonds. The lowest BCUT2D eigenvalue weighted by atomic mass is 9.99. The maximum atomic E-state index is 14.1. The van der Waals surface area contributed by atoms with Gasteiger partial charge in [0.25, 0.3) is 0 Å². The molecule has 4 aromatic rings. The molecule has 1 N–H and O–H groups in total. The van der Waals surface area contributed by atoms with Gasteiger partial charge in [0.2, 0.25) is 18.6 Å². The average Bonchev–Trinajstić information content (AvgIpc) is 3.54. The van der Waals surface area contributed by atoms with Crippen LogP contribution in [0.5, 0.6) is 11.5 Å². The van der Waals surface area contributed by atoms with Gasteiger partial charge in [0.1, 0.15) is 18.1 Å². The third-order valence-corrected chi connectivity index (χ3v) is 6.46. The van der Waals surface area contributed by atoms with Gasteiger partial charge in [0.05, 0.1) is 5.52 Å². The highest BCUT2D eigenvalue weighted by molar-refractivity contribution is 6.02. The van der Waals surface area contributed by atoms with Gasteiger partial charge < -0.3 is 14.8 Å². The van der Waals surface area contributed by atoms with E-state index in [9.17, 15) is 9.59 Å². The van der Waals surface area contributed by atoms with Crippen molar-refractivity contribution in [2.24, 2.45) is 0 Å². The fourth-order valence-corrected chi connectivity index (χ4v) is 4.16. The van der Waals surface area contributed by atoms with E-state index >= 15 is 0 Å². The molecule has 190 valence electrons. The first-order valence-corrected chi connectivity index (χ1v) is 12.1. The van der Waals surface area contributed by atoms with E-state index in [2.05, 4.69) is 20.6 Å². The quantitative estimate of drug-likeness (QED) is 0.393. The number of amides is 2. The van der Waals surface area contributed by atoms with Crippen molar-refractivity contribution in [3.63, 3.8) is 0 Å². The molecule has 0 bridgehead atoms. The van der Waals surface area contributed by atoms with Gasteiger partial charge in [0, 0.05) is 35.2 Å². The molecule has 10 heteroatoms. The Morgan fingerprint density at radius 3 is 2.70 bits per heavy atom. The van der Waals surface area contributed by atoms with E-state index in [0.717, 1.165) is 5.52 Å². The lowest BCUT2D eigenvalue weighted by Gasteiger charge is -2.34. The molecule has 0 fully saturated rings. The molecule has 0 radical (unpaired) electrons. The summed E-state index contributed by atoms with van der Waals surface area (Å²) in [6.07, 6.45) is 3.94. The number of benzene rings is 2. The van der Waals surface area contributed by atoms with Gasteiger partial charge in [-0.3, -0.25) is 19.5 Å². The maximum absolute atomic E-state index is 14.1. The Morgan fingerprint density at radius 2 is 1.92 bits per heavy atom. The van der Waals surface area contributed by atoms with Gasteiger partial charge in [-0.2, -0.15) is 0 Å². The lowest BCUT2D eigenvalue weighted by molar-refractivity contribution is -0.128. The fourth-order valence-electron chi connectivity index (χ4n) is 4.16. The second-order valence-electron chi connectivity index (χ2n) is 9.45. The van der Waals surface area contributed by atoms with E-state index in [1.54, 1.807) is 42.7 Å². The molecule has 5 rings (SSSR count). The van der Waals surface area contributed by atoms with E-state index in [1.165, 1.54) is 9.58 Å².